The van der Waals surface area contributed by atoms with Gasteiger partial charge in [-0.2, -0.15) is 4.98 Å². The summed E-state index contributed by atoms with van der Waals surface area (Å²) in [4.78, 5) is 4.31. The number of nitrogens with zero attached hydrogens (tertiary/aromatic N) is 5. The van der Waals surface area contributed by atoms with E-state index in [1.165, 1.54) is 0 Å². The molecule has 0 saturated carbocycles. The predicted molar refractivity (Wildman–Crippen MR) is 73.4 cm³/mol. The van der Waals surface area contributed by atoms with Crippen LogP contribution >= 0.6 is 11.8 Å². The second kappa shape index (κ2) is 5.70. The van der Waals surface area contributed by atoms with Crippen molar-refractivity contribution in [3.05, 3.63) is 12.0 Å². The van der Waals surface area contributed by atoms with Crippen molar-refractivity contribution in [1.82, 2.24) is 25.1 Å². The molecule has 2 rings (SSSR count). The number of aromatic nitrogens is 5. The second-order valence-electron chi connectivity index (χ2n) is 5.07. The fraction of sp³-hybridized carbons (Fsp3) is 0.636. The van der Waals surface area contributed by atoms with Gasteiger partial charge in [0.15, 0.2) is 11.5 Å². The number of nitrogens with two attached hydrogens (primary N) is 1. The molecule has 0 aliphatic heterocycles. The van der Waals surface area contributed by atoms with Crippen molar-refractivity contribution in [3.8, 4) is 11.6 Å². The number of thioether (sulfide) groups is 1. The minimum absolute atomic E-state index is 0.172. The Balaban J connectivity index is 2.03. The van der Waals surface area contributed by atoms with Crippen LogP contribution in [0, 0.1) is 0 Å². The zero-order valence-corrected chi connectivity index (χ0v) is 12.1. The van der Waals surface area contributed by atoms with Crippen molar-refractivity contribution < 1.29 is 4.52 Å². The van der Waals surface area contributed by atoms with Gasteiger partial charge in [0.25, 0.3) is 5.89 Å². The van der Waals surface area contributed by atoms with E-state index in [1.54, 1.807) is 22.6 Å². The first-order valence-corrected chi connectivity index (χ1v) is 7.03. The Labute approximate surface area is 115 Å². The Bertz CT molecular complexity index is 529. The van der Waals surface area contributed by atoms with Crippen LogP contribution in [0.1, 0.15) is 26.6 Å². The van der Waals surface area contributed by atoms with Crippen molar-refractivity contribution in [2.75, 3.05) is 6.54 Å². The topological polar surface area (TPSA) is 95.7 Å². The van der Waals surface area contributed by atoms with Crippen LogP contribution in [-0.4, -0.2) is 36.4 Å². The van der Waals surface area contributed by atoms with Crippen LogP contribution in [0.5, 0.6) is 0 Å². The van der Waals surface area contributed by atoms with E-state index in [-0.39, 0.29) is 4.75 Å². The van der Waals surface area contributed by atoms with Crippen LogP contribution < -0.4 is 5.73 Å². The molecule has 0 aliphatic carbocycles. The molecule has 0 unspecified atom stereocenters. The van der Waals surface area contributed by atoms with Gasteiger partial charge in [-0.15, -0.1) is 16.9 Å². The Kier molecular flexibility index (Phi) is 4.20. The van der Waals surface area contributed by atoms with E-state index >= 15 is 0 Å². The number of hydrogen-bond donors (Lipinski definition) is 1. The smallest absolute Gasteiger partial charge is 0.280 e. The van der Waals surface area contributed by atoms with Gasteiger partial charge >= 0.3 is 0 Å². The predicted octanol–water partition coefficient (Wildman–Crippen LogP) is 1.32. The van der Waals surface area contributed by atoms with Crippen LogP contribution in [0.4, 0.5) is 0 Å². The summed E-state index contributed by atoms with van der Waals surface area (Å²) in [5.74, 6) is 1.78. The Morgan fingerprint density at radius 3 is 2.89 bits per heavy atom. The van der Waals surface area contributed by atoms with Crippen LogP contribution in [0.3, 0.4) is 0 Å². The molecule has 0 fully saturated rings. The van der Waals surface area contributed by atoms with Crippen LogP contribution in [-0.2, 0) is 12.3 Å². The molecule has 2 N–H and O–H groups in total. The first kappa shape index (κ1) is 14.0. The summed E-state index contributed by atoms with van der Waals surface area (Å²) in [6, 6.07) is 0. The van der Waals surface area contributed by atoms with Gasteiger partial charge in [-0.05, 0) is 0 Å². The molecule has 104 valence electrons. The third-order valence-electron chi connectivity index (χ3n) is 2.22. The lowest BCUT2D eigenvalue weighted by molar-refractivity contribution is 0.424. The van der Waals surface area contributed by atoms with Gasteiger partial charge in [-0.1, -0.05) is 31.1 Å². The summed E-state index contributed by atoms with van der Waals surface area (Å²) in [6.07, 6.45) is 1.75. The molecule has 0 aromatic carbocycles. The Morgan fingerprint density at radius 1 is 1.42 bits per heavy atom. The van der Waals surface area contributed by atoms with E-state index in [9.17, 15) is 0 Å². The highest BCUT2D eigenvalue weighted by Gasteiger charge is 2.16. The van der Waals surface area contributed by atoms with E-state index < -0.39 is 0 Å². The lowest BCUT2D eigenvalue weighted by atomic mass is 10.3. The maximum absolute atomic E-state index is 5.45. The summed E-state index contributed by atoms with van der Waals surface area (Å²) in [5, 5.41) is 11.9. The van der Waals surface area contributed by atoms with E-state index in [2.05, 4.69) is 41.2 Å². The Morgan fingerprint density at radius 2 is 2.21 bits per heavy atom. The van der Waals surface area contributed by atoms with Gasteiger partial charge in [0, 0.05) is 11.3 Å². The first-order chi connectivity index (χ1) is 8.98. The average molecular weight is 282 g/mol. The van der Waals surface area contributed by atoms with E-state index in [4.69, 9.17) is 10.3 Å². The minimum Gasteiger partial charge on any atom is -0.332 e. The second-order valence-corrected chi connectivity index (χ2v) is 6.87. The molecule has 7 nitrogen and oxygen atoms in total. The van der Waals surface area contributed by atoms with Gasteiger partial charge in [0.05, 0.1) is 18.5 Å². The summed E-state index contributed by atoms with van der Waals surface area (Å²) >= 11 is 1.77. The van der Waals surface area contributed by atoms with E-state index in [1.807, 2.05) is 0 Å². The van der Waals surface area contributed by atoms with Crippen molar-refractivity contribution >= 4 is 11.8 Å². The molecule has 0 bridgehead atoms. The van der Waals surface area contributed by atoms with Crippen molar-refractivity contribution in [2.24, 2.45) is 5.73 Å². The number of hydrogen-bond acceptors (Lipinski definition) is 7. The zero-order chi connectivity index (χ0) is 13.9. The maximum atomic E-state index is 5.45. The largest absolute Gasteiger partial charge is 0.332 e. The monoisotopic (exact) mass is 282 g/mol. The van der Waals surface area contributed by atoms with Crippen molar-refractivity contribution in [3.63, 3.8) is 0 Å². The average Bonchev–Trinajstić information content (AvgIpc) is 2.93. The lowest BCUT2D eigenvalue weighted by Crippen LogP contribution is -2.10. The molecule has 0 amide bonds. The fourth-order valence-corrected chi connectivity index (χ4v) is 2.02. The number of rotatable bonds is 5. The summed E-state index contributed by atoms with van der Waals surface area (Å²) in [5.41, 5.74) is 6.03. The molecule has 2 heterocycles. The molecule has 19 heavy (non-hydrogen) atoms. The van der Waals surface area contributed by atoms with Crippen LogP contribution in [0.2, 0.25) is 0 Å². The molecule has 8 heteroatoms. The third kappa shape index (κ3) is 4.03. The third-order valence-corrected chi connectivity index (χ3v) is 3.49. The van der Waals surface area contributed by atoms with Crippen LogP contribution in [0.25, 0.3) is 11.6 Å². The van der Waals surface area contributed by atoms with E-state index in [0.717, 1.165) is 0 Å². The maximum Gasteiger partial charge on any atom is 0.280 e. The van der Waals surface area contributed by atoms with Gasteiger partial charge in [0.2, 0.25) is 0 Å². The van der Waals surface area contributed by atoms with Gasteiger partial charge < -0.3 is 10.3 Å². The van der Waals surface area contributed by atoms with Crippen molar-refractivity contribution in [2.45, 2.75) is 37.8 Å². The highest BCUT2D eigenvalue weighted by Crippen LogP contribution is 2.26. The van der Waals surface area contributed by atoms with Gasteiger partial charge in [-0.3, -0.25) is 4.68 Å². The van der Waals surface area contributed by atoms with Crippen molar-refractivity contribution in [1.29, 1.82) is 0 Å². The molecule has 0 aliphatic rings. The molecule has 0 radical (unpaired) electrons. The zero-order valence-electron chi connectivity index (χ0n) is 11.3. The highest BCUT2D eigenvalue weighted by molar-refractivity contribution is 7.99. The quantitative estimate of drug-likeness (QED) is 0.883. The van der Waals surface area contributed by atoms with Crippen LogP contribution in [0.15, 0.2) is 10.7 Å². The van der Waals surface area contributed by atoms with Gasteiger partial charge in [-0.25, -0.2) is 0 Å². The fourth-order valence-electron chi connectivity index (χ4n) is 1.34. The summed E-state index contributed by atoms with van der Waals surface area (Å²) < 4.78 is 7.01. The lowest BCUT2D eigenvalue weighted by Gasteiger charge is -2.15. The van der Waals surface area contributed by atoms with Gasteiger partial charge in [0.1, 0.15) is 0 Å². The molecule has 0 atom stereocenters. The molecule has 2 aromatic rings. The standard InChI is InChI=1S/C11H18N6OS/c1-11(2,3)19-7-9-13-10(18-15-9)8-6-17(5-4-12)16-14-8/h6H,4-5,7,12H2,1-3H3. The SMILES string of the molecule is CC(C)(C)SCc1noc(-c2cn(CCN)nn2)n1. The minimum atomic E-state index is 0.172. The molecule has 2 aromatic heterocycles. The molecule has 0 spiro atoms. The highest BCUT2D eigenvalue weighted by atomic mass is 32.2. The normalized spacial score (nSPS) is 12.0. The Hall–Kier alpha value is -1.41. The van der Waals surface area contributed by atoms with E-state index in [0.29, 0.717) is 36.3 Å². The molecular formula is C11H18N6OS. The summed E-state index contributed by atoms with van der Waals surface area (Å²) in [6.45, 7) is 7.58. The molecular weight excluding hydrogens is 264 g/mol. The molecule has 0 saturated heterocycles. The first-order valence-electron chi connectivity index (χ1n) is 6.05. The summed E-state index contributed by atoms with van der Waals surface area (Å²) in [7, 11) is 0.